The lowest BCUT2D eigenvalue weighted by Gasteiger charge is -2.27. The summed E-state index contributed by atoms with van der Waals surface area (Å²) in [6.45, 7) is 8.94. The molecule has 4 atom stereocenters. The normalized spacial score (nSPS) is 14.0. The fourth-order valence-corrected chi connectivity index (χ4v) is 5.44. The molecule has 5 nitrogen and oxygen atoms in total. The molecule has 0 spiro atoms. The van der Waals surface area contributed by atoms with Crippen LogP contribution in [0.4, 0.5) is 0 Å². The number of ether oxygens (including phenoxy) is 3. The van der Waals surface area contributed by atoms with E-state index in [4.69, 9.17) is 14.2 Å². The Hall–Kier alpha value is -4.09. The molecule has 0 aromatic heterocycles. The minimum absolute atomic E-state index is 0.270. The maximum Gasteiger partial charge on any atom is 0.343 e. The van der Waals surface area contributed by atoms with Crippen LogP contribution in [0.2, 0.25) is 0 Å². The Bertz CT molecular complexity index is 1360. The molecule has 0 bridgehead atoms. The average molecular weight is 567 g/mol. The van der Waals surface area contributed by atoms with E-state index in [0.29, 0.717) is 29.8 Å². The van der Waals surface area contributed by atoms with Gasteiger partial charge in [0, 0.05) is 6.61 Å². The Morgan fingerprint density at radius 2 is 1.26 bits per heavy atom. The second-order valence-electron chi connectivity index (χ2n) is 10.8. The lowest BCUT2D eigenvalue weighted by atomic mass is 9.78. The zero-order valence-corrected chi connectivity index (χ0v) is 25.0. The van der Waals surface area contributed by atoms with Crippen molar-refractivity contribution < 1.29 is 24.1 Å². The van der Waals surface area contributed by atoms with Crippen LogP contribution >= 0.6 is 0 Å². The van der Waals surface area contributed by atoms with E-state index in [0.717, 1.165) is 25.0 Å². The molecule has 0 radical (unpaired) electrons. The number of benzene rings is 4. The highest BCUT2D eigenvalue weighted by atomic mass is 16.7. The lowest BCUT2D eigenvalue weighted by molar-refractivity contribution is -0.0613. The molecule has 0 fully saturated rings. The monoisotopic (exact) mass is 566 g/mol. The number of hydrogen-bond acceptors (Lipinski definition) is 5. The maximum absolute atomic E-state index is 12.6. The van der Waals surface area contributed by atoms with E-state index in [1.54, 1.807) is 24.3 Å². The smallest absolute Gasteiger partial charge is 0.343 e. The van der Waals surface area contributed by atoms with Crippen LogP contribution in [-0.2, 0) is 4.74 Å². The molecule has 4 unspecified atom stereocenters. The zero-order valence-electron chi connectivity index (χ0n) is 25.0. The first-order valence-corrected chi connectivity index (χ1v) is 14.9. The molecule has 0 aliphatic carbocycles. The van der Waals surface area contributed by atoms with Gasteiger partial charge in [0.05, 0.1) is 5.56 Å². The van der Waals surface area contributed by atoms with E-state index in [-0.39, 0.29) is 23.9 Å². The first-order chi connectivity index (χ1) is 20.4. The second kappa shape index (κ2) is 15.2. The maximum atomic E-state index is 12.6. The second-order valence-corrected chi connectivity index (χ2v) is 10.8. The minimum atomic E-state index is -0.366. The number of hydrogen-bond donors (Lipinski definition) is 1. The first kappa shape index (κ1) is 30.9. The van der Waals surface area contributed by atoms with Crippen molar-refractivity contribution in [2.45, 2.75) is 71.0 Å². The SMILES string of the molecule is CCOC(C)Oc1ccc(C(CC)CC(CC(C)c2ccc(O)cc2)c2ccc(OC(=O)c3ccccc3)cc2)cc1. The molecule has 5 heteroatoms. The highest BCUT2D eigenvalue weighted by Crippen LogP contribution is 2.39. The van der Waals surface area contributed by atoms with E-state index in [9.17, 15) is 9.90 Å². The first-order valence-electron chi connectivity index (χ1n) is 14.9. The fourth-order valence-electron chi connectivity index (χ4n) is 5.44. The predicted octanol–water partition coefficient (Wildman–Crippen LogP) is 9.23. The summed E-state index contributed by atoms with van der Waals surface area (Å²) in [7, 11) is 0. The van der Waals surface area contributed by atoms with Gasteiger partial charge in [0.1, 0.15) is 17.2 Å². The zero-order chi connectivity index (χ0) is 29.9. The summed E-state index contributed by atoms with van der Waals surface area (Å²) in [5.74, 6) is 2.16. The predicted molar refractivity (Wildman–Crippen MR) is 168 cm³/mol. The van der Waals surface area contributed by atoms with Crippen LogP contribution in [-0.4, -0.2) is 24.0 Å². The average Bonchev–Trinajstić information content (AvgIpc) is 3.01. The van der Waals surface area contributed by atoms with Crippen molar-refractivity contribution in [1.82, 2.24) is 0 Å². The molecule has 1 N–H and O–H groups in total. The Kier molecular flexibility index (Phi) is 11.2. The quantitative estimate of drug-likeness (QED) is 0.0936. The third-order valence-electron chi connectivity index (χ3n) is 7.79. The van der Waals surface area contributed by atoms with E-state index in [1.807, 2.05) is 68.4 Å². The number of phenolic OH excluding ortho intramolecular Hbond substituents is 1. The molecular weight excluding hydrogens is 524 g/mol. The molecule has 0 amide bonds. The number of carbonyl (C=O) groups is 1. The van der Waals surface area contributed by atoms with Crippen molar-refractivity contribution >= 4 is 5.97 Å². The minimum Gasteiger partial charge on any atom is -0.508 e. The van der Waals surface area contributed by atoms with Crippen molar-refractivity contribution in [3.63, 3.8) is 0 Å². The Morgan fingerprint density at radius 3 is 1.86 bits per heavy atom. The standard InChI is InChI=1S/C37H42O5/c1-5-28(30-14-20-35(21-15-30)41-27(4)40-6-2)25-33(24-26(3)29-12-18-34(38)19-13-29)31-16-22-36(23-17-31)42-37(39)32-10-8-7-9-11-32/h7-23,26-28,33,38H,5-6,24-25H2,1-4H3. The molecule has 0 aliphatic rings. The number of phenols is 1. The summed E-state index contributed by atoms with van der Waals surface area (Å²) < 4.78 is 17.0. The topological polar surface area (TPSA) is 65.0 Å². The van der Waals surface area contributed by atoms with Crippen molar-refractivity contribution in [2.75, 3.05) is 6.61 Å². The summed E-state index contributed by atoms with van der Waals surface area (Å²) in [6, 6.07) is 32.9. The van der Waals surface area contributed by atoms with Crippen LogP contribution in [0.15, 0.2) is 103 Å². The number of aromatic hydroxyl groups is 1. The molecule has 4 aromatic rings. The van der Waals surface area contributed by atoms with E-state index in [2.05, 4.69) is 38.1 Å². The Balaban J connectivity index is 1.53. The third-order valence-corrected chi connectivity index (χ3v) is 7.79. The Labute approximate surface area is 250 Å². The van der Waals surface area contributed by atoms with Gasteiger partial charge in [0.15, 0.2) is 6.29 Å². The molecule has 4 aromatic carbocycles. The molecule has 0 saturated carbocycles. The summed E-state index contributed by atoms with van der Waals surface area (Å²) in [4.78, 5) is 12.6. The molecule has 0 saturated heterocycles. The van der Waals surface area contributed by atoms with Gasteiger partial charge >= 0.3 is 5.97 Å². The van der Waals surface area contributed by atoms with Gasteiger partial charge in [-0.05, 0) is 116 Å². The van der Waals surface area contributed by atoms with Crippen molar-refractivity contribution in [2.24, 2.45) is 0 Å². The number of esters is 1. The highest BCUT2D eigenvalue weighted by molar-refractivity contribution is 5.90. The summed E-state index contributed by atoms with van der Waals surface area (Å²) in [5.41, 5.74) is 4.22. The summed E-state index contributed by atoms with van der Waals surface area (Å²) >= 11 is 0. The molecule has 220 valence electrons. The molecule has 4 rings (SSSR count). The highest BCUT2D eigenvalue weighted by Gasteiger charge is 2.22. The Morgan fingerprint density at radius 1 is 0.690 bits per heavy atom. The third kappa shape index (κ3) is 8.70. The van der Waals surface area contributed by atoms with Gasteiger partial charge in [0.2, 0.25) is 0 Å². The van der Waals surface area contributed by atoms with E-state index in [1.165, 1.54) is 16.7 Å². The molecule has 42 heavy (non-hydrogen) atoms. The van der Waals surface area contributed by atoms with Gasteiger partial charge in [-0.2, -0.15) is 0 Å². The van der Waals surface area contributed by atoms with Gasteiger partial charge in [-0.25, -0.2) is 4.79 Å². The van der Waals surface area contributed by atoms with Crippen LogP contribution in [0.5, 0.6) is 17.2 Å². The number of rotatable bonds is 14. The van der Waals surface area contributed by atoms with Gasteiger partial charge in [-0.3, -0.25) is 0 Å². The van der Waals surface area contributed by atoms with E-state index >= 15 is 0 Å². The van der Waals surface area contributed by atoms with Gasteiger partial charge < -0.3 is 19.3 Å². The van der Waals surface area contributed by atoms with Crippen LogP contribution in [0, 0.1) is 0 Å². The van der Waals surface area contributed by atoms with Crippen molar-refractivity contribution in [1.29, 1.82) is 0 Å². The van der Waals surface area contributed by atoms with Crippen molar-refractivity contribution in [3.05, 3.63) is 125 Å². The largest absolute Gasteiger partial charge is 0.508 e. The van der Waals surface area contributed by atoms with Crippen LogP contribution in [0.3, 0.4) is 0 Å². The molecule has 0 aliphatic heterocycles. The molecule has 0 heterocycles. The van der Waals surface area contributed by atoms with Crippen LogP contribution in [0.25, 0.3) is 0 Å². The van der Waals surface area contributed by atoms with Crippen LogP contribution in [0.1, 0.15) is 91.8 Å². The fraction of sp³-hybridized carbons (Fsp3) is 0.324. The summed E-state index contributed by atoms with van der Waals surface area (Å²) in [6.07, 6.45) is 2.63. The van der Waals surface area contributed by atoms with E-state index < -0.39 is 0 Å². The van der Waals surface area contributed by atoms with Gasteiger partial charge in [-0.15, -0.1) is 0 Å². The van der Waals surface area contributed by atoms with Crippen molar-refractivity contribution in [3.8, 4) is 17.2 Å². The van der Waals surface area contributed by atoms with Gasteiger partial charge in [-0.1, -0.05) is 68.4 Å². The number of carbonyl (C=O) groups excluding carboxylic acids is 1. The van der Waals surface area contributed by atoms with Gasteiger partial charge in [0.25, 0.3) is 0 Å². The lowest BCUT2D eigenvalue weighted by Crippen LogP contribution is -2.16. The molecular formula is C37H42O5. The summed E-state index contributed by atoms with van der Waals surface area (Å²) in [5, 5.41) is 9.78. The van der Waals surface area contributed by atoms with Crippen LogP contribution < -0.4 is 9.47 Å².